The van der Waals surface area contributed by atoms with Crippen LogP contribution in [-0.2, 0) is 13.1 Å². The summed E-state index contributed by atoms with van der Waals surface area (Å²) in [6.07, 6.45) is 0.722. The zero-order valence-electron chi connectivity index (χ0n) is 18.0. The van der Waals surface area contributed by atoms with Gasteiger partial charge in [0.05, 0.1) is 19.3 Å². The van der Waals surface area contributed by atoms with E-state index in [4.69, 9.17) is 21.3 Å². The first kappa shape index (κ1) is 23.8. The molecule has 3 aromatic rings. The van der Waals surface area contributed by atoms with Gasteiger partial charge < -0.3 is 19.9 Å². The van der Waals surface area contributed by atoms with E-state index in [1.54, 1.807) is 25.3 Å². The van der Waals surface area contributed by atoms with Crippen molar-refractivity contribution in [2.45, 2.75) is 26.4 Å². The monoisotopic (exact) mass is 476 g/mol. The van der Waals surface area contributed by atoms with Crippen molar-refractivity contribution in [1.29, 1.82) is 0 Å². The molecule has 0 fully saturated rings. The molecule has 32 heavy (non-hydrogen) atoms. The van der Waals surface area contributed by atoms with Crippen molar-refractivity contribution in [3.05, 3.63) is 69.0 Å². The maximum Gasteiger partial charge on any atom is 0.314 e. The molecule has 0 saturated carbocycles. The molecule has 0 atom stereocenters. The summed E-state index contributed by atoms with van der Waals surface area (Å²) in [5.41, 5.74) is 2.79. The second kappa shape index (κ2) is 11.7. The summed E-state index contributed by atoms with van der Waals surface area (Å²) in [5.74, 6) is 0.413. The smallest absolute Gasteiger partial charge is 0.314 e. The summed E-state index contributed by atoms with van der Waals surface area (Å²) < 4.78 is 20.9. The summed E-state index contributed by atoms with van der Waals surface area (Å²) in [5, 5.41) is 8.18. The fraction of sp³-hybridized carbons (Fsp3) is 0.304. The highest BCUT2D eigenvalue weighted by Gasteiger charge is 2.10. The summed E-state index contributed by atoms with van der Waals surface area (Å²) in [4.78, 5) is 17.3. The lowest BCUT2D eigenvalue weighted by molar-refractivity contribution is 0.241. The van der Waals surface area contributed by atoms with Crippen LogP contribution < -0.4 is 20.2 Å². The number of aromatic nitrogens is 1. The molecule has 6 nitrogen and oxygen atoms in total. The number of carbonyl (C=O) groups excluding carboxylic acids is 1. The van der Waals surface area contributed by atoms with Gasteiger partial charge in [-0.25, -0.2) is 9.18 Å². The molecule has 2 N–H and O–H groups in total. The fourth-order valence-corrected chi connectivity index (χ4v) is 4.28. The van der Waals surface area contributed by atoms with Gasteiger partial charge in [-0.2, -0.15) is 0 Å². The molecule has 0 aliphatic carbocycles. The van der Waals surface area contributed by atoms with E-state index in [0.717, 1.165) is 28.0 Å². The number of methoxy groups -OCH3 is 1. The molecule has 0 saturated heterocycles. The van der Waals surface area contributed by atoms with E-state index in [1.165, 1.54) is 23.5 Å². The normalized spacial score (nSPS) is 11.4. The molecule has 2 amide bonds. The SMILES string of the molecule is CCNC(=O)NCCCn1c(-c2ccc(F)cc2)cs/c1=N/Cc1ccc(Cl)cc1OC. The molecule has 0 aliphatic rings. The molecule has 0 radical (unpaired) electrons. The van der Waals surface area contributed by atoms with E-state index in [9.17, 15) is 9.18 Å². The maximum absolute atomic E-state index is 13.4. The molecule has 2 aromatic carbocycles. The minimum Gasteiger partial charge on any atom is -0.496 e. The van der Waals surface area contributed by atoms with Gasteiger partial charge in [0.1, 0.15) is 11.6 Å². The number of carbonyl (C=O) groups is 1. The van der Waals surface area contributed by atoms with Gasteiger partial charge in [0.15, 0.2) is 4.80 Å². The van der Waals surface area contributed by atoms with Gasteiger partial charge >= 0.3 is 6.03 Å². The zero-order chi connectivity index (χ0) is 22.9. The quantitative estimate of drug-likeness (QED) is 0.434. The molecule has 0 unspecified atom stereocenters. The maximum atomic E-state index is 13.4. The number of rotatable bonds is 9. The van der Waals surface area contributed by atoms with Crippen molar-refractivity contribution < 1.29 is 13.9 Å². The number of nitrogens with one attached hydrogen (secondary N) is 2. The Bertz CT molecular complexity index is 1110. The van der Waals surface area contributed by atoms with Gasteiger partial charge in [0, 0.05) is 35.6 Å². The van der Waals surface area contributed by atoms with E-state index < -0.39 is 0 Å². The third-order valence-corrected chi connectivity index (χ3v) is 5.89. The second-order valence-electron chi connectivity index (χ2n) is 6.97. The Kier molecular flexibility index (Phi) is 8.70. The first-order chi connectivity index (χ1) is 15.5. The summed E-state index contributed by atoms with van der Waals surface area (Å²) in [7, 11) is 1.61. The Morgan fingerprint density at radius 3 is 2.72 bits per heavy atom. The van der Waals surface area contributed by atoms with E-state index in [1.807, 2.05) is 24.4 Å². The summed E-state index contributed by atoms with van der Waals surface area (Å²) in [6, 6.07) is 11.7. The van der Waals surface area contributed by atoms with Gasteiger partial charge in [-0.15, -0.1) is 11.3 Å². The third-order valence-electron chi connectivity index (χ3n) is 4.75. The van der Waals surface area contributed by atoms with Crippen LogP contribution in [0.2, 0.25) is 5.02 Å². The van der Waals surface area contributed by atoms with Crippen LogP contribution in [0.1, 0.15) is 18.9 Å². The Balaban J connectivity index is 1.85. The van der Waals surface area contributed by atoms with Crippen LogP contribution in [0, 0.1) is 5.82 Å². The minimum atomic E-state index is -0.276. The molecule has 3 rings (SSSR count). The predicted molar refractivity (Wildman–Crippen MR) is 127 cm³/mol. The van der Waals surface area contributed by atoms with Crippen molar-refractivity contribution in [1.82, 2.24) is 15.2 Å². The third kappa shape index (κ3) is 6.34. The van der Waals surface area contributed by atoms with Gasteiger partial charge in [-0.05, 0) is 55.3 Å². The standard InChI is InChI=1S/C23H26ClFN4O2S/c1-3-26-22(30)27-11-4-12-29-20(16-6-9-19(25)10-7-16)15-32-23(29)28-14-17-5-8-18(24)13-21(17)31-2/h5-10,13,15H,3-4,11-12,14H2,1-2H3,(H2,26,27,30)/b28-23+. The Morgan fingerprint density at radius 1 is 1.22 bits per heavy atom. The summed E-state index contributed by atoms with van der Waals surface area (Å²) >= 11 is 7.58. The predicted octanol–water partition coefficient (Wildman–Crippen LogP) is 4.83. The summed E-state index contributed by atoms with van der Waals surface area (Å²) in [6.45, 7) is 4.07. The van der Waals surface area contributed by atoms with Gasteiger partial charge in [0.25, 0.3) is 0 Å². The van der Waals surface area contributed by atoms with E-state index in [2.05, 4.69) is 15.2 Å². The van der Waals surface area contributed by atoms with Crippen molar-refractivity contribution in [2.75, 3.05) is 20.2 Å². The number of ether oxygens (including phenoxy) is 1. The highest BCUT2D eigenvalue weighted by Crippen LogP contribution is 2.24. The Hall–Kier alpha value is -2.84. The average Bonchev–Trinajstić information content (AvgIpc) is 3.19. The number of thiazole rings is 1. The van der Waals surface area contributed by atoms with Crippen LogP contribution in [0.3, 0.4) is 0 Å². The number of nitrogens with zero attached hydrogens (tertiary/aromatic N) is 2. The van der Waals surface area contributed by atoms with E-state index in [0.29, 0.717) is 37.0 Å². The number of benzene rings is 2. The van der Waals surface area contributed by atoms with Crippen LogP contribution in [0.4, 0.5) is 9.18 Å². The number of amides is 2. The van der Waals surface area contributed by atoms with Crippen LogP contribution in [-0.4, -0.2) is 30.8 Å². The van der Waals surface area contributed by atoms with Gasteiger partial charge in [-0.3, -0.25) is 4.99 Å². The number of hydrogen-bond acceptors (Lipinski definition) is 4. The Morgan fingerprint density at radius 2 is 2.00 bits per heavy atom. The van der Waals surface area contributed by atoms with E-state index in [-0.39, 0.29) is 11.8 Å². The lowest BCUT2D eigenvalue weighted by Gasteiger charge is -2.11. The molecule has 1 heterocycles. The van der Waals surface area contributed by atoms with Crippen molar-refractivity contribution in [3.63, 3.8) is 0 Å². The van der Waals surface area contributed by atoms with Gasteiger partial charge in [-0.1, -0.05) is 17.7 Å². The molecule has 170 valence electrons. The molecule has 0 bridgehead atoms. The van der Waals surface area contributed by atoms with Crippen LogP contribution >= 0.6 is 22.9 Å². The first-order valence-corrected chi connectivity index (χ1v) is 11.6. The Labute approximate surface area is 195 Å². The molecule has 0 spiro atoms. The first-order valence-electron chi connectivity index (χ1n) is 10.3. The molecular formula is C23H26ClFN4O2S. The van der Waals surface area contributed by atoms with Crippen LogP contribution in [0.5, 0.6) is 5.75 Å². The van der Waals surface area contributed by atoms with Crippen LogP contribution in [0.25, 0.3) is 11.3 Å². The topological polar surface area (TPSA) is 67.7 Å². The lowest BCUT2D eigenvalue weighted by Crippen LogP contribution is -2.36. The molecule has 9 heteroatoms. The second-order valence-corrected chi connectivity index (χ2v) is 8.25. The molecular weight excluding hydrogens is 451 g/mol. The average molecular weight is 477 g/mol. The lowest BCUT2D eigenvalue weighted by atomic mass is 10.1. The highest BCUT2D eigenvalue weighted by atomic mass is 35.5. The number of hydrogen-bond donors (Lipinski definition) is 2. The van der Waals surface area contributed by atoms with Crippen molar-refractivity contribution in [3.8, 4) is 17.0 Å². The van der Waals surface area contributed by atoms with Gasteiger partial charge in [0.2, 0.25) is 0 Å². The van der Waals surface area contributed by atoms with E-state index >= 15 is 0 Å². The van der Waals surface area contributed by atoms with Crippen LogP contribution in [0.15, 0.2) is 52.8 Å². The number of halogens is 2. The fourth-order valence-electron chi connectivity index (χ4n) is 3.19. The molecule has 1 aromatic heterocycles. The minimum absolute atomic E-state index is 0.179. The molecule has 0 aliphatic heterocycles. The largest absolute Gasteiger partial charge is 0.496 e. The zero-order valence-corrected chi connectivity index (χ0v) is 19.6. The van der Waals surface area contributed by atoms with Crippen molar-refractivity contribution >= 4 is 29.0 Å². The van der Waals surface area contributed by atoms with Crippen molar-refractivity contribution in [2.24, 2.45) is 4.99 Å². The number of urea groups is 1. The highest BCUT2D eigenvalue weighted by molar-refractivity contribution is 7.07.